The Hall–Kier alpha value is -3.04. The van der Waals surface area contributed by atoms with Gasteiger partial charge in [-0.1, -0.05) is 0 Å². The van der Waals surface area contributed by atoms with E-state index in [1.54, 1.807) is 44.6 Å². The van der Waals surface area contributed by atoms with Gasteiger partial charge in [0.1, 0.15) is 24.4 Å². The lowest BCUT2D eigenvalue weighted by Gasteiger charge is -2.12. The van der Waals surface area contributed by atoms with Gasteiger partial charge in [0.2, 0.25) is 0 Å². The first-order valence-corrected chi connectivity index (χ1v) is 7.83. The van der Waals surface area contributed by atoms with E-state index in [-0.39, 0.29) is 6.51 Å². The number of benzene rings is 2. The third-order valence-electron chi connectivity index (χ3n) is 3.66. The molecule has 2 aromatic carbocycles. The van der Waals surface area contributed by atoms with E-state index < -0.39 is 7.12 Å². The first-order chi connectivity index (χ1) is 12.6. The van der Waals surface area contributed by atoms with Crippen LogP contribution in [-0.4, -0.2) is 47.9 Å². The third-order valence-corrected chi connectivity index (χ3v) is 3.66. The van der Waals surface area contributed by atoms with Gasteiger partial charge in [0.15, 0.2) is 11.5 Å². The van der Waals surface area contributed by atoms with Gasteiger partial charge in [-0.15, -0.1) is 0 Å². The molecule has 0 amide bonds. The lowest BCUT2D eigenvalue weighted by Crippen LogP contribution is -2.22. The molecule has 134 valence electrons. The molecular weight excluding hydrogens is 337 g/mol. The molecule has 0 unspecified atom stereocenters. The second kappa shape index (κ2) is 7.90. The van der Waals surface area contributed by atoms with Crippen LogP contribution >= 0.6 is 0 Å². The average Bonchev–Trinajstić information content (AvgIpc) is 2.66. The Morgan fingerprint density at radius 1 is 1.00 bits per heavy atom. The molecule has 1 aromatic heterocycles. The summed E-state index contributed by atoms with van der Waals surface area (Å²) in [5, 5.41) is 21.7. The van der Waals surface area contributed by atoms with Crippen LogP contribution in [0.25, 0.3) is 10.9 Å². The van der Waals surface area contributed by atoms with Crippen molar-refractivity contribution in [2.75, 3.05) is 26.0 Å². The summed E-state index contributed by atoms with van der Waals surface area (Å²) in [4.78, 5) is 8.57. The molecule has 9 heteroatoms. The lowest BCUT2D eigenvalue weighted by molar-refractivity contribution is 0.306. The molecule has 0 saturated carbocycles. The molecule has 0 radical (unpaired) electrons. The monoisotopic (exact) mass is 355 g/mol. The summed E-state index contributed by atoms with van der Waals surface area (Å²) in [5.74, 6) is 2.33. The van der Waals surface area contributed by atoms with E-state index in [4.69, 9.17) is 24.3 Å². The molecule has 0 saturated heterocycles. The molecule has 1 heterocycles. The fraction of sp³-hybridized carbons (Fsp3) is 0.176. The van der Waals surface area contributed by atoms with Gasteiger partial charge in [-0.05, 0) is 30.3 Å². The fourth-order valence-electron chi connectivity index (χ4n) is 2.42. The first kappa shape index (κ1) is 17.8. The summed E-state index contributed by atoms with van der Waals surface area (Å²) in [5.41, 5.74) is 1.51. The SMILES string of the molecule is COc1cc2ncnc(Nc3ccc(OCB(O)O)cc3)c2cc1OC. The molecule has 26 heavy (non-hydrogen) atoms. The minimum atomic E-state index is -1.51. The van der Waals surface area contributed by atoms with Crippen molar-refractivity contribution in [2.45, 2.75) is 0 Å². The van der Waals surface area contributed by atoms with Crippen LogP contribution in [0.3, 0.4) is 0 Å². The number of fused-ring (bicyclic) bond motifs is 1. The number of nitrogens with one attached hydrogen (secondary N) is 1. The van der Waals surface area contributed by atoms with Gasteiger partial charge in [0.05, 0.1) is 19.7 Å². The van der Waals surface area contributed by atoms with Gasteiger partial charge in [0.25, 0.3) is 0 Å². The zero-order valence-electron chi connectivity index (χ0n) is 14.3. The van der Waals surface area contributed by atoms with Crippen molar-refractivity contribution >= 4 is 29.5 Å². The summed E-state index contributed by atoms with van der Waals surface area (Å²) in [7, 11) is 1.64. The van der Waals surface area contributed by atoms with E-state index in [0.29, 0.717) is 23.1 Å². The molecule has 0 spiro atoms. The van der Waals surface area contributed by atoms with Crippen LogP contribution in [0.4, 0.5) is 11.5 Å². The normalized spacial score (nSPS) is 10.5. The highest BCUT2D eigenvalue weighted by Gasteiger charge is 2.11. The molecule has 0 aliphatic rings. The van der Waals surface area contributed by atoms with Gasteiger partial charge in [-0.2, -0.15) is 0 Å². The quantitative estimate of drug-likeness (QED) is 0.551. The van der Waals surface area contributed by atoms with Gasteiger partial charge in [-0.25, -0.2) is 9.97 Å². The van der Waals surface area contributed by atoms with E-state index >= 15 is 0 Å². The molecule has 8 nitrogen and oxygen atoms in total. The Labute approximate surface area is 150 Å². The molecule has 3 aromatic rings. The van der Waals surface area contributed by atoms with Crippen molar-refractivity contribution in [3.63, 3.8) is 0 Å². The number of hydrogen-bond donors (Lipinski definition) is 3. The van der Waals surface area contributed by atoms with Crippen LogP contribution in [0.2, 0.25) is 0 Å². The van der Waals surface area contributed by atoms with Crippen molar-refractivity contribution in [2.24, 2.45) is 0 Å². The highest BCUT2D eigenvalue weighted by Crippen LogP contribution is 2.34. The summed E-state index contributed by atoms with van der Waals surface area (Å²) in [6.45, 7) is -0.190. The summed E-state index contributed by atoms with van der Waals surface area (Å²) >= 11 is 0. The predicted molar refractivity (Wildman–Crippen MR) is 98.1 cm³/mol. The fourth-order valence-corrected chi connectivity index (χ4v) is 2.42. The minimum absolute atomic E-state index is 0.190. The van der Waals surface area contributed by atoms with Crippen LogP contribution in [0.1, 0.15) is 0 Å². The third kappa shape index (κ3) is 3.96. The standard InChI is InChI=1S/C17H18BN3O5/c1-24-15-7-13-14(8-16(15)25-2)19-10-20-17(13)21-11-3-5-12(6-4-11)26-9-18(22)23/h3-8,10,22-23H,9H2,1-2H3,(H,19,20,21). The second-order valence-electron chi connectivity index (χ2n) is 5.39. The zero-order chi connectivity index (χ0) is 18.5. The minimum Gasteiger partial charge on any atom is -0.496 e. The smallest absolute Gasteiger partial charge is 0.491 e. The maximum atomic E-state index is 8.83. The summed E-state index contributed by atoms with van der Waals surface area (Å²) < 4.78 is 15.9. The molecule has 0 atom stereocenters. The molecule has 3 rings (SSSR count). The van der Waals surface area contributed by atoms with Crippen LogP contribution in [-0.2, 0) is 0 Å². The van der Waals surface area contributed by atoms with Crippen molar-refractivity contribution in [1.82, 2.24) is 9.97 Å². The number of methoxy groups -OCH3 is 2. The van der Waals surface area contributed by atoms with Crippen LogP contribution in [0.5, 0.6) is 17.2 Å². The lowest BCUT2D eigenvalue weighted by atomic mass is 9.95. The number of aromatic nitrogens is 2. The average molecular weight is 355 g/mol. The Morgan fingerprint density at radius 2 is 1.69 bits per heavy atom. The molecule has 0 aliphatic heterocycles. The van der Waals surface area contributed by atoms with E-state index in [1.807, 2.05) is 6.07 Å². The van der Waals surface area contributed by atoms with Gasteiger partial charge < -0.3 is 29.6 Å². The van der Waals surface area contributed by atoms with Crippen molar-refractivity contribution in [1.29, 1.82) is 0 Å². The summed E-state index contributed by atoms with van der Waals surface area (Å²) in [6.07, 6.45) is 1.47. The highest BCUT2D eigenvalue weighted by atomic mass is 16.5. The summed E-state index contributed by atoms with van der Waals surface area (Å²) in [6, 6.07) is 10.6. The molecule has 0 fully saturated rings. The Bertz CT molecular complexity index is 889. The Kier molecular flexibility index (Phi) is 5.40. The number of ether oxygens (including phenoxy) is 3. The Balaban J connectivity index is 1.86. The highest BCUT2D eigenvalue weighted by molar-refractivity contribution is 6.40. The largest absolute Gasteiger partial charge is 0.496 e. The van der Waals surface area contributed by atoms with Crippen LogP contribution < -0.4 is 19.5 Å². The maximum Gasteiger partial charge on any atom is 0.491 e. The van der Waals surface area contributed by atoms with Crippen molar-refractivity contribution < 1.29 is 24.3 Å². The van der Waals surface area contributed by atoms with E-state index in [0.717, 1.165) is 16.6 Å². The molecule has 0 aliphatic carbocycles. The van der Waals surface area contributed by atoms with Gasteiger partial charge >= 0.3 is 7.12 Å². The predicted octanol–water partition coefficient (Wildman–Crippen LogP) is 1.78. The first-order valence-electron chi connectivity index (χ1n) is 7.83. The Morgan fingerprint density at radius 3 is 2.35 bits per heavy atom. The molecule has 0 bridgehead atoms. The van der Waals surface area contributed by atoms with E-state index in [1.165, 1.54) is 6.33 Å². The van der Waals surface area contributed by atoms with Crippen LogP contribution in [0.15, 0.2) is 42.7 Å². The maximum absolute atomic E-state index is 8.83. The van der Waals surface area contributed by atoms with Gasteiger partial charge in [0, 0.05) is 17.1 Å². The number of hydrogen-bond acceptors (Lipinski definition) is 8. The zero-order valence-corrected chi connectivity index (χ0v) is 14.3. The number of nitrogens with zero attached hydrogens (tertiary/aromatic N) is 2. The van der Waals surface area contributed by atoms with E-state index in [9.17, 15) is 0 Å². The molecule has 3 N–H and O–H groups in total. The molecular formula is C17H18BN3O5. The topological polar surface area (TPSA) is 106 Å². The van der Waals surface area contributed by atoms with Gasteiger partial charge in [-0.3, -0.25) is 0 Å². The van der Waals surface area contributed by atoms with Crippen molar-refractivity contribution in [3.8, 4) is 17.2 Å². The number of anilines is 2. The number of rotatable bonds is 7. The van der Waals surface area contributed by atoms with E-state index in [2.05, 4.69) is 15.3 Å². The van der Waals surface area contributed by atoms with Crippen LogP contribution in [0, 0.1) is 0 Å². The second-order valence-corrected chi connectivity index (χ2v) is 5.39. The van der Waals surface area contributed by atoms with Crippen molar-refractivity contribution in [3.05, 3.63) is 42.7 Å².